The minimum atomic E-state index is -1.49. The number of aromatic amines is 1. The third-order valence-electron chi connectivity index (χ3n) is 5.51. The standard InChI is InChI=1S/C19H20N8O7S3/c20-18(34)21-4-3-8(37-19-23-25-26-24-19)7-6-36-15-11(14(29)27(15)12(7)17(32)33)22-13(28)10(16(30)31)9-2-1-5-35-9/h1-2,5,8,10-11,15H,3-4,6H2,(H,22,28)(H,30,31)(H,32,33)(H3,20,21,34)(H,23,24,25,26)/t8?,10?,11?,15-/m0/s1. The fourth-order valence-electron chi connectivity index (χ4n) is 3.91. The molecule has 37 heavy (non-hydrogen) atoms. The summed E-state index contributed by atoms with van der Waals surface area (Å²) in [4.78, 5) is 62.4. The summed E-state index contributed by atoms with van der Waals surface area (Å²) >= 11 is 3.46. The number of urea groups is 1. The number of nitrogens with two attached hydrogens (primary N) is 1. The van der Waals surface area contributed by atoms with Crippen LogP contribution in [0.3, 0.4) is 0 Å². The molecule has 0 radical (unpaired) electrons. The SMILES string of the molecule is NC(=O)NCCC(Sc1nnn[nH]1)C1=C(C(=O)O)N2C(=O)C(NC(=O)C(C(=O)O)c3cccs3)[C@@H]2SC1. The van der Waals surface area contributed by atoms with E-state index in [0.717, 1.165) is 28.0 Å². The number of carboxylic acids is 2. The number of aromatic nitrogens is 4. The molecule has 2 aliphatic heterocycles. The summed E-state index contributed by atoms with van der Waals surface area (Å²) in [5.41, 5.74) is 5.30. The maximum absolute atomic E-state index is 13.1. The summed E-state index contributed by atoms with van der Waals surface area (Å²) in [5.74, 6) is -5.54. The molecule has 196 valence electrons. The van der Waals surface area contributed by atoms with Gasteiger partial charge in [-0.05, 0) is 33.9 Å². The van der Waals surface area contributed by atoms with E-state index in [1.54, 1.807) is 11.4 Å². The minimum absolute atomic E-state index is 0.130. The molecule has 7 N–H and O–H groups in total. The van der Waals surface area contributed by atoms with Crippen molar-refractivity contribution in [3.05, 3.63) is 33.7 Å². The summed E-state index contributed by atoms with van der Waals surface area (Å²) in [5, 5.41) is 38.6. The van der Waals surface area contributed by atoms with Crippen molar-refractivity contribution in [2.75, 3.05) is 12.3 Å². The Morgan fingerprint density at radius 2 is 2.11 bits per heavy atom. The second-order valence-corrected chi connectivity index (χ2v) is 11.0. The Hall–Kier alpha value is -3.64. The Morgan fingerprint density at radius 1 is 1.32 bits per heavy atom. The zero-order chi connectivity index (χ0) is 26.7. The highest BCUT2D eigenvalue weighted by Crippen LogP contribution is 2.44. The number of tetrazole rings is 1. The topological polar surface area (TPSA) is 234 Å². The van der Waals surface area contributed by atoms with Crippen LogP contribution in [0.15, 0.2) is 33.9 Å². The molecule has 3 unspecified atom stereocenters. The van der Waals surface area contributed by atoms with Crippen LogP contribution >= 0.6 is 34.9 Å². The van der Waals surface area contributed by atoms with Gasteiger partial charge in [0.25, 0.3) is 5.91 Å². The number of carbonyl (C=O) groups excluding carboxylic acids is 3. The predicted octanol–water partition coefficient (Wildman–Crippen LogP) is -0.613. The minimum Gasteiger partial charge on any atom is -0.480 e. The highest BCUT2D eigenvalue weighted by Gasteiger charge is 2.55. The van der Waals surface area contributed by atoms with Gasteiger partial charge in [-0.2, -0.15) is 0 Å². The summed E-state index contributed by atoms with van der Waals surface area (Å²) in [6.07, 6.45) is 0.259. The van der Waals surface area contributed by atoms with E-state index in [1.165, 1.54) is 17.8 Å². The lowest BCUT2D eigenvalue weighted by Gasteiger charge is -2.50. The number of rotatable bonds is 11. The van der Waals surface area contributed by atoms with Crippen molar-refractivity contribution in [3.63, 3.8) is 0 Å². The number of β-lactam (4-membered cyclic amide) rings is 1. The molecule has 2 aromatic rings. The van der Waals surface area contributed by atoms with E-state index in [2.05, 4.69) is 31.3 Å². The van der Waals surface area contributed by atoms with Gasteiger partial charge in [-0.25, -0.2) is 14.7 Å². The molecular formula is C19H20N8O7S3. The van der Waals surface area contributed by atoms with Crippen LogP contribution in [0, 0.1) is 0 Å². The smallest absolute Gasteiger partial charge is 0.352 e. The molecule has 18 heteroatoms. The lowest BCUT2D eigenvalue weighted by Crippen LogP contribution is -2.71. The van der Waals surface area contributed by atoms with Gasteiger partial charge < -0.3 is 26.6 Å². The molecular weight excluding hydrogens is 548 g/mol. The first-order chi connectivity index (χ1) is 17.7. The van der Waals surface area contributed by atoms with E-state index < -0.39 is 52.4 Å². The summed E-state index contributed by atoms with van der Waals surface area (Å²) in [6, 6.07) is 1.30. The molecule has 0 bridgehead atoms. The van der Waals surface area contributed by atoms with Crippen LogP contribution in [0.4, 0.5) is 4.79 Å². The number of amides is 4. The number of H-pyrrole nitrogens is 1. The van der Waals surface area contributed by atoms with Gasteiger partial charge in [-0.3, -0.25) is 19.3 Å². The molecule has 4 atom stereocenters. The van der Waals surface area contributed by atoms with Gasteiger partial charge in [-0.15, -0.1) is 28.2 Å². The number of fused-ring (bicyclic) bond motifs is 1. The molecule has 1 fully saturated rings. The van der Waals surface area contributed by atoms with E-state index in [9.17, 15) is 34.2 Å². The Kier molecular flexibility index (Phi) is 7.98. The van der Waals surface area contributed by atoms with Crippen LogP contribution < -0.4 is 16.4 Å². The summed E-state index contributed by atoms with van der Waals surface area (Å²) < 4.78 is 0. The second-order valence-electron chi connectivity index (χ2n) is 7.75. The average Bonchev–Trinajstić information content (AvgIpc) is 3.55. The van der Waals surface area contributed by atoms with E-state index in [0.29, 0.717) is 15.6 Å². The third kappa shape index (κ3) is 5.54. The first-order valence-electron chi connectivity index (χ1n) is 10.6. The number of nitrogens with one attached hydrogen (secondary N) is 3. The Morgan fingerprint density at radius 3 is 2.70 bits per heavy atom. The first kappa shape index (κ1) is 26.4. The molecule has 4 amide bonds. The molecule has 0 aliphatic carbocycles. The molecule has 4 heterocycles. The number of hydrogen-bond acceptors (Lipinski definition) is 11. The van der Waals surface area contributed by atoms with Crippen molar-refractivity contribution in [1.29, 1.82) is 0 Å². The number of thiophene rings is 1. The van der Waals surface area contributed by atoms with Gasteiger partial charge in [0.2, 0.25) is 11.1 Å². The van der Waals surface area contributed by atoms with Crippen LogP contribution in [0.2, 0.25) is 0 Å². The zero-order valence-corrected chi connectivity index (χ0v) is 21.1. The van der Waals surface area contributed by atoms with Gasteiger partial charge >= 0.3 is 18.0 Å². The first-order valence-corrected chi connectivity index (χ1v) is 13.4. The Bertz CT molecular complexity index is 1240. The predicted molar refractivity (Wildman–Crippen MR) is 130 cm³/mol. The lowest BCUT2D eigenvalue weighted by molar-refractivity contribution is -0.152. The fraction of sp³-hybridized carbons (Fsp3) is 0.368. The Balaban J connectivity index is 1.56. The van der Waals surface area contributed by atoms with Crippen LogP contribution in [0.5, 0.6) is 0 Å². The van der Waals surface area contributed by atoms with E-state index in [1.807, 2.05) is 0 Å². The lowest BCUT2D eigenvalue weighted by atomic mass is 9.99. The number of aliphatic carboxylic acids is 2. The van der Waals surface area contributed by atoms with E-state index in [-0.39, 0.29) is 24.4 Å². The summed E-state index contributed by atoms with van der Waals surface area (Å²) in [6.45, 7) is 0.130. The molecule has 4 rings (SSSR count). The number of hydrogen-bond donors (Lipinski definition) is 6. The normalized spacial score (nSPS) is 20.4. The van der Waals surface area contributed by atoms with Crippen molar-refractivity contribution in [3.8, 4) is 0 Å². The van der Waals surface area contributed by atoms with Gasteiger partial charge in [0.1, 0.15) is 17.1 Å². The van der Waals surface area contributed by atoms with Crippen molar-refractivity contribution >= 4 is 64.6 Å². The van der Waals surface area contributed by atoms with Crippen molar-refractivity contribution in [2.24, 2.45) is 5.73 Å². The number of carbonyl (C=O) groups is 5. The summed E-state index contributed by atoms with van der Waals surface area (Å²) in [7, 11) is 0. The van der Waals surface area contributed by atoms with Gasteiger partial charge in [0, 0.05) is 22.4 Å². The fourth-order valence-corrected chi connectivity index (χ4v) is 7.27. The molecule has 0 saturated carbocycles. The molecule has 15 nitrogen and oxygen atoms in total. The molecule has 2 aliphatic rings. The van der Waals surface area contributed by atoms with Gasteiger partial charge in [0.15, 0.2) is 5.92 Å². The number of carboxylic acid groups (broad SMARTS) is 2. The third-order valence-corrected chi connectivity index (χ3v) is 8.95. The maximum atomic E-state index is 13.1. The van der Waals surface area contributed by atoms with Crippen LogP contribution in [0.25, 0.3) is 0 Å². The van der Waals surface area contributed by atoms with Crippen LogP contribution in [0.1, 0.15) is 17.2 Å². The molecule has 0 aromatic carbocycles. The number of primary amides is 1. The quantitative estimate of drug-likeness (QED) is 0.113. The Labute approximate surface area is 220 Å². The van der Waals surface area contributed by atoms with Crippen molar-refractivity contribution < 1.29 is 34.2 Å². The van der Waals surface area contributed by atoms with Crippen LogP contribution in [-0.2, 0) is 19.2 Å². The van der Waals surface area contributed by atoms with E-state index >= 15 is 0 Å². The molecule has 2 aromatic heterocycles. The zero-order valence-electron chi connectivity index (χ0n) is 18.7. The van der Waals surface area contributed by atoms with Gasteiger partial charge in [-0.1, -0.05) is 17.8 Å². The largest absolute Gasteiger partial charge is 0.480 e. The van der Waals surface area contributed by atoms with Crippen LogP contribution in [-0.4, -0.2) is 94.5 Å². The average molecular weight is 569 g/mol. The number of thioether (sulfide) groups is 2. The maximum Gasteiger partial charge on any atom is 0.352 e. The number of nitrogens with zero attached hydrogens (tertiary/aromatic N) is 4. The van der Waals surface area contributed by atoms with Crippen molar-refractivity contribution in [1.82, 2.24) is 36.2 Å². The monoisotopic (exact) mass is 568 g/mol. The highest BCUT2D eigenvalue weighted by atomic mass is 32.2. The molecule has 1 saturated heterocycles. The van der Waals surface area contributed by atoms with E-state index in [4.69, 9.17) is 5.73 Å². The molecule has 0 spiro atoms. The van der Waals surface area contributed by atoms with Crippen molar-refractivity contribution in [2.45, 2.75) is 34.2 Å². The highest BCUT2D eigenvalue weighted by molar-refractivity contribution is 8.01. The van der Waals surface area contributed by atoms with Gasteiger partial charge in [0.05, 0.1) is 0 Å². The second kappa shape index (κ2) is 11.2.